The third-order valence-corrected chi connectivity index (χ3v) is 4.41. The molecule has 0 radical (unpaired) electrons. The maximum absolute atomic E-state index is 9.41. The molecule has 0 saturated heterocycles. The second-order valence-corrected chi connectivity index (χ2v) is 6.24. The molecular formula is C20H26O2. The minimum Gasteiger partial charge on any atom is -0.508 e. The predicted molar refractivity (Wildman–Crippen MR) is 91.3 cm³/mol. The van der Waals surface area contributed by atoms with E-state index < -0.39 is 0 Å². The van der Waals surface area contributed by atoms with Crippen LogP contribution in [0, 0.1) is 5.92 Å². The van der Waals surface area contributed by atoms with Gasteiger partial charge in [0.2, 0.25) is 0 Å². The normalized spacial score (nSPS) is 13.7. The Labute approximate surface area is 133 Å². The Balaban J connectivity index is 1.87. The quantitative estimate of drug-likeness (QED) is 0.733. The van der Waals surface area contributed by atoms with Gasteiger partial charge in [-0.25, -0.2) is 0 Å². The zero-order chi connectivity index (χ0) is 15.9. The van der Waals surface area contributed by atoms with Crippen molar-refractivity contribution in [2.24, 2.45) is 5.92 Å². The van der Waals surface area contributed by atoms with Crippen LogP contribution in [0.2, 0.25) is 0 Å². The van der Waals surface area contributed by atoms with Gasteiger partial charge in [0.15, 0.2) is 0 Å². The summed E-state index contributed by atoms with van der Waals surface area (Å²) in [6.45, 7) is 4.54. The summed E-state index contributed by atoms with van der Waals surface area (Å²) in [4.78, 5) is 0. The number of phenolic OH excluding ortho intramolecular Hbond substituents is 2. The first-order valence-corrected chi connectivity index (χ1v) is 8.15. The van der Waals surface area contributed by atoms with E-state index in [9.17, 15) is 10.2 Å². The number of phenols is 2. The molecule has 22 heavy (non-hydrogen) atoms. The first kappa shape index (κ1) is 16.4. The summed E-state index contributed by atoms with van der Waals surface area (Å²) in [5, 5.41) is 18.7. The second-order valence-electron chi connectivity index (χ2n) is 6.24. The van der Waals surface area contributed by atoms with Gasteiger partial charge in [0.1, 0.15) is 11.5 Å². The molecule has 2 aromatic carbocycles. The number of benzene rings is 2. The first-order valence-electron chi connectivity index (χ1n) is 8.15. The van der Waals surface area contributed by atoms with Gasteiger partial charge < -0.3 is 10.2 Å². The Morgan fingerprint density at radius 3 is 1.95 bits per heavy atom. The van der Waals surface area contributed by atoms with E-state index in [-0.39, 0.29) is 0 Å². The molecule has 0 fully saturated rings. The third-order valence-electron chi connectivity index (χ3n) is 4.41. The van der Waals surface area contributed by atoms with Crippen LogP contribution in [0.3, 0.4) is 0 Å². The van der Waals surface area contributed by atoms with E-state index in [0.29, 0.717) is 23.3 Å². The van der Waals surface area contributed by atoms with Crippen molar-refractivity contribution in [1.29, 1.82) is 0 Å². The Kier molecular flexibility index (Phi) is 5.88. The largest absolute Gasteiger partial charge is 0.508 e. The fourth-order valence-electron chi connectivity index (χ4n) is 2.96. The van der Waals surface area contributed by atoms with E-state index in [2.05, 4.69) is 13.8 Å². The van der Waals surface area contributed by atoms with Crippen molar-refractivity contribution in [2.45, 2.75) is 45.4 Å². The Morgan fingerprint density at radius 1 is 0.864 bits per heavy atom. The summed E-state index contributed by atoms with van der Waals surface area (Å²) < 4.78 is 0. The molecule has 2 aromatic rings. The number of rotatable bonds is 7. The monoisotopic (exact) mass is 298 g/mol. The SMILES string of the molecule is CCC(CC(C)CCc1ccc(O)cc1)c1ccc(O)cc1. The zero-order valence-electron chi connectivity index (χ0n) is 13.5. The minimum absolute atomic E-state index is 0.329. The van der Waals surface area contributed by atoms with E-state index in [4.69, 9.17) is 0 Å². The molecule has 118 valence electrons. The van der Waals surface area contributed by atoms with Crippen LogP contribution in [0.25, 0.3) is 0 Å². The van der Waals surface area contributed by atoms with Gasteiger partial charge in [-0.1, -0.05) is 38.1 Å². The average molecular weight is 298 g/mol. The molecule has 0 bridgehead atoms. The summed E-state index contributed by atoms with van der Waals surface area (Å²) in [6.07, 6.45) is 4.49. The predicted octanol–water partition coefficient (Wildman–Crippen LogP) is 5.25. The number of aromatic hydroxyl groups is 2. The topological polar surface area (TPSA) is 40.5 Å². The summed E-state index contributed by atoms with van der Waals surface area (Å²) in [6, 6.07) is 15.1. The van der Waals surface area contributed by atoms with Gasteiger partial charge in [-0.05, 0) is 72.9 Å². The van der Waals surface area contributed by atoms with Gasteiger partial charge in [-0.2, -0.15) is 0 Å². The summed E-state index contributed by atoms with van der Waals surface area (Å²) >= 11 is 0. The number of hydrogen-bond donors (Lipinski definition) is 2. The molecule has 0 saturated carbocycles. The summed E-state index contributed by atoms with van der Waals surface area (Å²) in [7, 11) is 0. The lowest BCUT2D eigenvalue weighted by Gasteiger charge is -2.20. The second kappa shape index (κ2) is 7.88. The van der Waals surface area contributed by atoms with Crippen LogP contribution < -0.4 is 0 Å². The van der Waals surface area contributed by atoms with Crippen molar-refractivity contribution < 1.29 is 10.2 Å². The molecule has 2 unspecified atom stereocenters. The van der Waals surface area contributed by atoms with Crippen LogP contribution in [-0.2, 0) is 6.42 Å². The molecule has 2 atom stereocenters. The van der Waals surface area contributed by atoms with Crippen LogP contribution in [0.1, 0.15) is 50.2 Å². The van der Waals surface area contributed by atoms with Gasteiger partial charge in [-0.15, -0.1) is 0 Å². The summed E-state index contributed by atoms with van der Waals surface area (Å²) in [5.74, 6) is 1.86. The lowest BCUT2D eigenvalue weighted by molar-refractivity contribution is 0.431. The molecule has 0 aliphatic carbocycles. The standard InChI is InChI=1S/C20H26O2/c1-3-17(18-8-12-20(22)13-9-18)14-15(2)4-5-16-6-10-19(21)11-7-16/h6-13,15,17,21-22H,3-5,14H2,1-2H3. The lowest BCUT2D eigenvalue weighted by Crippen LogP contribution is -2.06. The van der Waals surface area contributed by atoms with Crippen LogP contribution in [0.5, 0.6) is 11.5 Å². The number of hydrogen-bond acceptors (Lipinski definition) is 2. The van der Waals surface area contributed by atoms with Gasteiger partial charge in [0, 0.05) is 0 Å². The van der Waals surface area contributed by atoms with E-state index in [1.165, 1.54) is 17.5 Å². The highest BCUT2D eigenvalue weighted by Crippen LogP contribution is 2.30. The minimum atomic E-state index is 0.329. The molecule has 2 rings (SSSR count). The van der Waals surface area contributed by atoms with Crippen molar-refractivity contribution in [3.63, 3.8) is 0 Å². The Bertz CT molecular complexity index is 557. The Morgan fingerprint density at radius 2 is 1.41 bits per heavy atom. The number of aryl methyl sites for hydroxylation is 1. The molecule has 0 heterocycles. The molecular weight excluding hydrogens is 272 g/mol. The van der Waals surface area contributed by atoms with Gasteiger partial charge in [0.25, 0.3) is 0 Å². The Hall–Kier alpha value is -1.96. The van der Waals surface area contributed by atoms with E-state index in [1.807, 2.05) is 24.3 Å². The molecule has 0 aliphatic rings. The van der Waals surface area contributed by atoms with Crippen molar-refractivity contribution in [2.75, 3.05) is 0 Å². The molecule has 2 heteroatoms. The highest BCUT2D eigenvalue weighted by Gasteiger charge is 2.14. The maximum Gasteiger partial charge on any atom is 0.115 e. The maximum atomic E-state index is 9.41. The fourth-order valence-corrected chi connectivity index (χ4v) is 2.96. The van der Waals surface area contributed by atoms with E-state index in [0.717, 1.165) is 19.3 Å². The van der Waals surface area contributed by atoms with Crippen LogP contribution >= 0.6 is 0 Å². The van der Waals surface area contributed by atoms with Crippen molar-refractivity contribution in [3.8, 4) is 11.5 Å². The summed E-state index contributed by atoms with van der Waals surface area (Å²) in [5.41, 5.74) is 2.60. The van der Waals surface area contributed by atoms with Crippen LogP contribution in [0.4, 0.5) is 0 Å². The highest BCUT2D eigenvalue weighted by molar-refractivity contribution is 5.28. The highest BCUT2D eigenvalue weighted by atomic mass is 16.3. The van der Waals surface area contributed by atoms with Crippen LogP contribution in [0.15, 0.2) is 48.5 Å². The fraction of sp³-hybridized carbons (Fsp3) is 0.400. The lowest BCUT2D eigenvalue weighted by atomic mass is 9.85. The van der Waals surface area contributed by atoms with Gasteiger partial charge >= 0.3 is 0 Å². The van der Waals surface area contributed by atoms with Crippen LogP contribution in [-0.4, -0.2) is 10.2 Å². The van der Waals surface area contributed by atoms with Gasteiger partial charge in [-0.3, -0.25) is 0 Å². The molecule has 0 aromatic heterocycles. The molecule has 2 nitrogen and oxygen atoms in total. The van der Waals surface area contributed by atoms with Crippen molar-refractivity contribution in [3.05, 3.63) is 59.7 Å². The van der Waals surface area contributed by atoms with Crippen molar-refractivity contribution in [1.82, 2.24) is 0 Å². The molecule has 0 spiro atoms. The smallest absolute Gasteiger partial charge is 0.115 e. The first-order chi connectivity index (χ1) is 10.6. The average Bonchev–Trinajstić information content (AvgIpc) is 2.53. The zero-order valence-corrected chi connectivity index (χ0v) is 13.5. The molecule has 0 amide bonds. The van der Waals surface area contributed by atoms with E-state index >= 15 is 0 Å². The van der Waals surface area contributed by atoms with Crippen molar-refractivity contribution >= 4 is 0 Å². The molecule has 2 N–H and O–H groups in total. The third kappa shape index (κ3) is 4.80. The van der Waals surface area contributed by atoms with E-state index in [1.54, 1.807) is 24.3 Å². The van der Waals surface area contributed by atoms with Gasteiger partial charge in [0.05, 0.1) is 0 Å². The molecule has 0 aliphatic heterocycles.